The molecule has 166 valence electrons. The highest BCUT2D eigenvalue weighted by Gasteiger charge is 2.21. The SMILES string of the molecule is COc1ccc2[nH]cc(CCNC(=O)c3ccccc3NC(=O)C3=C(C)OCCS3)c2c1. The van der Waals surface area contributed by atoms with Gasteiger partial charge in [-0.2, -0.15) is 0 Å². The molecule has 0 spiro atoms. The smallest absolute Gasteiger partial charge is 0.265 e. The first-order valence-electron chi connectivity index (χ1n) is 10.4. The van der Waals surface area contributed by atoms with E-state index in [0.717, 1.165) is 28.0 Å². The Morgan fingerprint density at radius 3 is 2.84 bits per heavy atom. The summed E-state index contributed by atoms with van der Waals surface area (Å²) in [6.45, 7) is 2.83. The van der Waals surface area contributed by atoms with Gasteiger partial charge in [0.2, 0.25) is 0 Å². The summed E-state index contributed by atoms with van der Waals surface area (Å²) in [7, 11) is 1.64. The van der Waals surface area contributed by atoms with Gasteiger partial charge in [0.15, 0.2) is 0 Å². The molecule has 0 fully saturated rings. The molecule has 7 nitrogen and oxygen atoms in total. The third-order valence-corrected chi connectivity index (χ3v) is 6.38. The van der Waals surface area contributed by atoms with Crippen LogP contribution in [0.2, 0.25) is 0 Å². The van der Waals surface area contributed by atoms with Gasteiger partial charge in [-0.25, -0.2) is 0 Å². The topological polar surface area (TPSA) is 92.5 Å². The van der Waals surface area contributed by atoms with Crippen molar-refractivity contribution in [2.45, 2.75) is 13.3 Å². The van der Waals surface area contributed by atoms with Crippen molar-refractivity contribution in [3.8, 4) is 5.75 Å². The lowest BCUT2D eigenvalue weighted by molar-refractivity contribution is -0.112. The Balaban J connectivity index is 1.42. The van der Waals surface area contributed by atoms with Crippen LogP contribution in [0.5, 0.6) is 5.75 Å². The van der Waals surface area contributed by atoms with E-state index in [0.29, 0.717) is 41.5 Å². The molecule has 32 heavy (non-hydrogen) atoms. The van der Waals surface area contributed by atoms with Gasteiger partial charge >= 0.3 is 0 Å². The van der Waals surface area contributed by atoms with Gasteiger partial charge in [-0.3, -0.25) is 9.59 Å². The van der Waals surface area contributed by atoms with E-state index in [1.807, 2.05) is 24.4 Å². The monoisotopic (exact) mass is 451 g/mol. The number of hydrogen-bond acceptors (Lipinski definition) is 5. The van der Waals surface area contributed by atoms with E-state index in [1.54, 1.807) is 38.3 Å². The van der Waals surface area contributed by atoms with Crippen LogP contribution >= 0.6 is 11.8 Å². The molecule has 0 unspecified atom stereocenters. The fourth-order valence-electron chi connectivity index (χ4n) is 3.60. The van der Waals surface area contributed by atoms with Crippen LogP contribution in [-0.2, 0) is 16.0 Å². The molecule has 1 aliphatic heterocycles. The van der Waals surface area contributed by atoms with E-state index in [2.05, 4.69) is 15.6 Å². The lowest BCUT2D eigenvalue weighted by Crippen LogP contribution is -2.27. The maximum atomic E-state index is 12.8. The number of anilines is 1. The lowest BCUT2D eigenvalue weighted by Gasteiger charge is -2.18. The Morgan fingerprint density at radius 1 is 1.19 bits per heavy atom. The van der Waals surface area contributed by atoms with E-state index in [4.69, 9.17) is 9.47 Å². The molecule has 0 saturated heterocycles. The number of fused-ring (bicyclic) bond motifs is 1. The van der Waals surface area contributed by atoms with E-state index in [1.165, 1.54) is 11.8 Å². The number of hydrogen-bond donors (Lipinski definition) is 3. The zero-order valence-electron chi connectivity index (χ0n) is 18.0. The molecule has 0 aliphatic carbocycles. The van der Waals surface area contributed by atoms with Gasteiger partial charge in [0.1, 0.15) is 16.4 Å². The molecule has 0 radical (unpaired) electrons. The number of thioether (sulfide) groups is 1. The summed E-state index contributed by atoms with van der Waals surface area (Å²) in [5.41, 5.74) is 3.01. The summed E-state index contributed by atoms with van der Waals surface area (Å²) in [4.78, 5) is 29.3. The van der Waals surface area contributed by atoms with E-state index >= 15 is 0 Å². The molecule has 3 N–H and O–H groups in total. The highest BCUT2D eigenvalue weighted by molar-refractivity contribution is 8.04. The van der Waals surface area contributed by atoms with Gasteiger partial charge in [0.25, 0.3) is 11.8 Å². The zero-order valence-corrected chi connectivity index (χ0v) is 18.8. The standard InChI is InChI=1S/C24H25N3O4S/c1-15-22(32-12-11-31-15)24(29)27-21-6-4-3-5-18(21)23(28)25-10-9-16-14-26-20-8-7-17(30-2)13-19(16)20/h3-8,13-14,26H,9-12H2,1-2H3,(H,25,28)(H,27,29). The van der Waals surface area contributed by atoms with Crippen LogP contribution in [0.3, 0.4) is 0 Å². The molecule has 1 aliphatic rings. The normalized spacial score (nSPS) is 13.6. The average Bonchev–Trinajstić information content (AvgIpc) is 3.21. The van der Waals surface area contributed by atoms with E-state index in [-0.39, 0.29) is 11.8 Å². The van der Waals surface area contributed by atoms with Crippen molar-refractivity contribution in [1.29, 1.82) is 0 Å². The third kappa shape index (κ3) is 4.75. The van der Waals surface area contributed by atoms with Gasteiger partial charge in [-0.1, -0.05) is 12.1 Å². The summed E-state index contributed by atoms with van der Waals surface area (Å²) >= 11 is 1.46. The zero-order chi connectivity index (χ0) is 22.5. The molecule has 2 heterocycles. The second kappa shape index (κ2) is 9.82. The molecular formula is C24H25N3O4S. The van der Waals surface area contributed by atoms with Crippen LogP contribution in [0.25, 0.3) is 10.9 Å². The molecule has 2 amide bonds. The first-order chi connectivity index (χ1) is 15.6. The summed E-state index contributed by atoms with van der Waals surface area (Å²) in [5.74, 6) is 1.62. The van der Waals surface area contributed by atoms with Crippen molar-refractivity contribution in [1.82, 2.24) is 10.3 Å². The molecular weight excluding hydrogens is 426 g/mol. The number of allylic oxidation sites excluding steroid dienone is 1. The predicted molar refractivity (Wildman–Crippen MR) is 127 cm³/mol. The van der Waals surface area contributed by atoms with E-state index in [9.17, 15) is 9.59 Å². The molecule has 8 heteroatoms. The predicted octanol–water partition coefficient (Wildman–Crippen LogP) is 4.08. The van der Waals surface area contributed by atoms with Gasteiger partial charge < -0.3 is 25.1 Å². The van der Waals surface area contributed by atoms with Gasteiger partial charge in [-0.15, -0.1) is 11.8 Å². The Kier molecular flexibility index (Phi) is 6.70. The fraction of sp³-hybridized carbons (Fsp3) is 0.250. The van der Waals surface area contributed by atoms with Crippen molar-refractivity contribution in [3.63, 3.8) is 0 Å². The maximum Gasteiger partial charge on any atom is 0.265 e. The average molecular weight is 452 g/mol. The summed E-state index contributed by atoms with van der Waals surface area (Å²) < 4.78 is 10.8. The van der Waals surface area contributed by atoms with Gasteiger partial charge in [0.05, 0.1) is 25.0 Å². The van der Waals surface area contributed by atoms with Crippen molar-refractivity contribution >= 4 is 40.2 Å². The van der Waals surface area contributed by atoms with E-state index < -0.39 is 0 Å². The minimum Gasteiger partial charge on any atom is -0.497 e. The molecule has 3 aromatic rings. The number of methoxy groups -OCH3 is 1. The van der Waals surface area contributed by atoms with Crippen LogP contribution in [-0.4, -0.2) is 42.8 Å². The Labute approximate surface area is 190 Å². The highest BCUT2D eigenvalue weighted by Crippen LogP contribution is 2.27. The summed E-state index contributed by atoms with van der Waals surface area (Å²) in [6.07, 6.45) is 2.61. The molecule has 4 rings (SSSR count). The number of carbonyl (C=O) groups excluding carboxylic acids is 2. The number of H-pyrrole nitrogens is 1. The first kappa shape index (κ1) is 21.8. The Morgan fingerprint density at radius 2 is 2.03 bits per heavy atom. The summed E-state index contributed by atoms with van der Waals surface area (Å²) in [5, 5.41) is 6.88. The van der Waals surface area contributed by atoms with Crippen LogP contribution in [0, 0.1) is 0 Å². The third-order valence-electron chi connectivity index (χ3n) is 5.25. The number of benzene rings is 2. The van der Waals surface area contributed by atoms with Gasteiger partial charge in [-0.05, 0) is 49.2 Å². The molecule has 2 aromatic carbocycles. The number of aromatic amines is 1. The number of aromatic nitrogens is 1. The molecule has 1 aromatic heterocycles. The van der Waals surface area contributed by atoms with Crippen LogP contribution in [0.1, 0.15) is 22.8 Å². The number of para-hydroxylation sites is 1. The quantitative estimate of drug-likeness (QED) is 0.503. The second-order valence-corrected chi connectivity index (χ2v) is 8.42. The highest BCUT2D eigenvalue weighted by atomic mass is 32.2. The van der Waals surface area contributed by atoms with Crippen molar-refractivity contribution in [3.05, 3.63) is 70.5 Å². The Bertz CT molecular complexity index is 1180. The molecule has 0 atom stereocenters. The maximum absolute atomic E-state index is 12.8. The van der Waals surface area contributed by atoms with Crippen LogP contribution in [0.4, 0.5) is 5.69 Å². The molecule has 0 bridgehead atoms. The van der Waals surface area contributed by atoms with Crippen molar-refractivity contribution < 1.29 is 19.1 Å². The Hall–Kier alpha value is -3.39. The minimum absolute atomic E-state index is 0.239. The number of nitrogens with one attached hydrogen (secondary N) is 3. The first-order valence-corrected chi connectivity index (χ1v) is 11.3. The number of carbonyl (C=O) groups is 2. The fourth-order valence-corrected chi connectivity index (χ4v) is 4.41. The molecule has 0 saturated carbocycles. The largest absolute Gasteiger partial charge is 0.497 e. The number of rotatable bonds is 7. The number of ether oxygens (including phenoxy) is 2. The second-order valence-electron chi connectivity index (χ2n) is 7.31. The lowest BCUT2D eigenvalue weighted by atomic mass is 10.1. The van der Waals surface area contributed by atoms with Gasteiger partial charge in [0, 0.05) is 29.4 Å². The minimum atomic E-state index is -0.264. The van der Waals surface area contributed by atoms with Crippen molar-refractivity contribution in [2.75, 3.05) is 31.3 Å². The number of amides is 2. The van der Waals surface area contributed by atoms with Crippen molar-refractivity contribution in [2.24, 2.45) is 0 Å². The van der Waals surface area contributed by atoms with Crippen LogP contribution in [0.15, 0.2) is 59.3 Å². The summed E-state index contributed by atoms with van der Waals surface area (Å²) in [6, 6.07) is 12.9. The van der Waals surface area contributed by atoms with Crippen LogP contribution < -0.4 is 15.4 Å².